The van der Waals surface area contributed by atoms with Gasteiger partial charge in [0, 0.05) is 37.7 Å². The van der Waals surface area contributed by atoms with E-state index in [0.29, 0.717) is 11.9 Å². The number of benzene rings is 8. The molecule has 0 bridgehead atoms. The van der Waals surface area contributed by atoms with Gasteiger partial charge in [0.05, 0.1) is 16.7 Å². The molecule has 0 N–H and O–H groups in total. The maximum Gasteiger partial charge on any atom is 0.236 e. The van der Waals surface area contributed by atoms with Crippen LogP contribution in [0.3, 0.4) is 0 Å². The first-order valence-electron chi connectivity index (χ1n) is 19.2. The first-order chi connectivity index (χ1) is 27.3. The zero-order valence-electron chi connectivity index (χ0n) is 29.8. The van der Waals surface area contributed by atoms with Crippen LogP contribution in [0.4, 0.5) is 0 Å². The van der Waals surface area contributed by atoms with Crippen molar-refractivity contribution < 1.29 is 0 Å². The summed E-state index contributed by atoms with van der Waals surface area (Å²) in [6.07, 6.45) is 2.15. The van der Waals surface area contributed by atoms with Gasteiger partial charge in [-0.05, 0) is 97.6 Å². The molecule has 0 saturated heterocycles. The van der Waals surface area contributed by atoms with E-state index < -0.39 is 0 Å². The van der Waals surface area contributed by atoms with Gasteiger partial charge in [-0.15, -0.1) is 11.3 Å². The van der Waals surface area contributed by atoms with Crippen molar-refractivity contribution in [2.45, 2.75) is 18.8 Å². The number of aromatic nitrogens is 3. The lowest BCUT2D eigenvalue weighted by atomic mass is 9.88. The minimum Gasteiger partial charge on any atom is -0.278 e. The molecule has 0 saturated carbocycles. The van der Waals surface area contributed by atoms with E-state index >= 15 is 0 Å². The van der Waals surface area contributed by atoms with Crippen LogP contribution < -0.4 is 0 Å². The molecule has 4 heteroatoms. The SMILES string of the molecule is c1ccc2c(c1)CCC1c3ccccc3-c3c1c-2cc1c3c2c3ccccc3ccc2n1-c1nc(-c2ccc3ccccc3c2)c2c(n1)sc1ccccc12. The number of hydrogen-bond acceptors (Lipinski definition) is 3. The average Bonchev–Trinajstić information content (AvgIpc) is 3.86. The van der Waals surface area contributed by atoms with Crippen molar-refractivity contribution in [2.75, 3.05) is 0 Å². The second kappa shape index (κ2) is 11.0. The highest BCUT2D eigenvalue weighted by molar-refractivity contribution is 7.25. The Bertz CT molecular complexity index is 3460. The lowest BCUT2D eigenvalue weighted by molar-refractivity contribution is 0.740. The fourth-order valence-electron chi connectivity index (χ4n) is 10.1. The highest BCUT2D eigenvalue weighted by Gasteiger charge is 2.37. The molecule has 0 spiro atoms. The number of aryl methyl sites for hydroxylation is 1. The van der Waals surface area contributed by atoms with Gasteiger partial charge < -0.3 is 0 Å². The second-order valence-corrected chi connectivity index (χ2v) is 16.2. The summed E-state index contributed by atoms with van der Waals surface area (Å²) in [5, 5.41) is 9.80. The molecule has 1 unspecified atom stereocenters. The number of thiophene rings is 1. The van der Waals surface area contributed by atoms with E-state index in [4.69, 9.17) is 9.97 Å². The second-order valence-electron chi connectivity index (χ2n) is 15.2. The van der Waals surface area contributed by atoms with Gasteiger partial charge in [0.2, 0.25) is 5.95 Å². The summed E-state index contributed by atoms with van der Waals surface area (Å²) in [5.74, 6) is 1.05. The maximum absolute atomic E-state index is 5.67. The minimum atomic E-state index is 0.344. The summed E-state index contributed by atoms with van der Waals surface area (Å²) in [7, 11) is 0. The lowest BCUT2D eigenvalue weighted by Gasteiger charge is -2.16. The highest BCUT2D eigenvalue weighted by Crippen LogP contribution is 2.57. The fraction of sp³-hybridized carbons (Fsp3) is 0.0588. The number of hydrogen-bond donors (Lipinski definition) is 0. The van der Waals surface area contributed by atoms with Crippen LogP contribution in [0.2, 0.25) is 0 Å². The molecular formula is C51H31N3S. The van der Waals surface area contributed by atoms with Gasteiger partial charge in [-0.25, -0.2) is 9.97 Å². The standard InChI is InChI=1S/C51H31N3S/c1-2-14-32-27-33(22-21-29(32)11-1)49-47-39-19-9-10-20-43(39)55-50(47)53-51(52-49)54-41-26-24-31-13-4-6-16-35(31)45(41)48-42(54)28-40-34-15-5-3-12-30(34)23-25-38-36-17-7-8-18-37(36)46(48)44(38)40/h1-22,24,26-28,38H,23,25H2. The summed E-state index contributed by atoms with van der Waals surface area (Å²) < 4.78 is 3.60. The van der Waals surface area contributed by atoms with E-state index in [9.17, 15) is 0 Å². The zero-order valence-corrected chi connectivity index (χ0v) is 30.6. The first kappa shape index (κ1) is 29.8. The molecule has 13 rings (SSSR count). The van der Waals surface area contributed by atoms with E-state index in [1.165, 1.54) is 81.3 Å². The van der Waals surface area contributed by atoms with Crippen molar-refractivity contribution in [3.8, 4) is 39.5 Å². The molecular weight excluding hydrogens is 687 g/mol. The van der Waals surface area contributed by atoms with Crippen molar-refractivity contribution in [3.05, 3.63) is 174 Å². The largest absolute Gasteiger partial charge is 0.278 e. The predicted molar refractivity (Wildman–Crippen MR) is 231 cm³/mol. The smallest absolute Gasteiger partial charge is 0.236 e. The van der Waals surface area contributed by atoms with Gasteiger partial charge in [-0.3, -0.25) is 4.57 Å². The Morgan fingerprint density at radius 3 is 2.22 bits per heavy atom. The van der Waals surface area contributed by atoms with Crippen LogP contribution in [-0.4, -0.2) is 14.5 Å². The van der Waals surface area contributed by atoms with Crippen LogP contribution in [0.15, 0.2) is 158 Å². The Morgan fingerprint density at radius 2 is 1.29 bits per heavy atom. The molecule has 1 atom stereocenters. The number of rotatable bonds is 2. The van der Waals surface area contributed by atoms with Gasteiger partial charge in [0.15, 0.2) is 0 Å². The summed E-state index contributed by atoms with van der Waals surface area (Å²) >= 11 is 1.76. The quantitative estimate of drug-likeness (QED) is 0.178. The lowest BCUT2D eigenvalue weighted by Crippen LogP contribution is -2.03. The molecule has 3 nitrogen and oxygen atoms in total. The molecule has 11 aromatic rings. The average molecular weight is 718 g/mol. The monoisotopic (exact) mass is 717 g/mol. The summed E-state index contributed by atoms with van der Waals surface area (Å²) in [5.41, 5.74) is 14.1. The van der Waals surface area contributed by atoms with Crippen LogP contribution in [0, 0.1) is 0 Å². The summed E-state index contributed by atoms with van der Waals surface area (Å²) in [6.45, 7) is 0. The molecule has 8 aromatic carbocycles. The van der Waals surface area contributed by atoms with E-state index in [0.717, 1.165) is 45.3 Å². The predicted octanol–water partition coefficient (Wildman–Crippen LogP) is 13.6. The van der Waals surface area contributed by atoms with Crippen molar-refractivity contribution in [3.63, 3.8) is 0 Å². The Labute approximate surface area is 320 Å². The number of nitrogens with zero attached hydrogens (tertiary/aromatic N) is 3. The Morgan fingerprint density at radius 1 is 0.545 bits per heavy atom. The van der Waals surface area contributed by atoms with Crippen LogP contribution in [0.5, 0.6) is 0 Å². The topological polar surface area (TPSA) is 30.7 Å². The van der Waals surface area contributed by atoms with Crippen molar-refractivity contribution in [2.24, 2.45) is 0 Å². The highest BCUT2D eigenvalue weighted by atomic mass is 32.1. The Kier molecular flexibility index (Phi) is 5.94. The summed E-state index contributed by atoms with van der Waals surface area (Å²) in [4.78, 5) is 12.2. The molecule has 2 aliphatic rings. The van der Waals surface area contributed by atoms with Gasteiger partial charge in [-0.1, -0.05) is 133 Å². The third-order valence-electron chi connectivity index (χ3n) is 12.4. The van der Waals surface area contributed by atoms with Gasteiger partial charge in [0.1, 0.15) is 4.83 Å². The van der Waals surface area contributed by atoms with Crippen LogP contribution in [0.1, 0.15) is 29.0 Å². The van der Waals surface area contributed by atoms with Crippen molar-refractivity contribution in [1.29, 1.82) is 0 Å². The van der Waals surface area contributed by atoms with Gasteiger partial charge in [-0.2, -0.15) is 0 Å². The van der Waals surface area contributed by atoms with E-state index in [-0.39, 0.29) is 0 Å². The van der Waals surface area contributed by atoms with Crippen LogP contribution in [-0.2, 0) is 6.42 Å². The Hall–Kier alpha value is -6.62. The van der Waals surface area contributed by atoms with E-state index in [1.807, 2.05) is 0 Å². The normalized spacial score (nSPS) is 14.6. The number of fused-ring (bicyclic) bond motifs is 15. The maximum atomic E-state index is 5.67. The first-order valence-corrected chi connectivity index (χ1v) is 20.0. The summed E-state index contributed by atoms with van der Waals surface area (Å²) in [6, 6.07) is 58.2. The molecule has 256 valence electrons. The molecule has 3 aromatic heterocycles. The van der Waals surface area contributed by atoms with Gasteiger partial charge in [0.25, 0.3) is 0 Å². The molecule has 3 heterocycles. The van der Waals surface area contributed by atoms with Crippen molar-refractivity contribution >= 4 is 75.0 Å². The molecule has 2 aliphatic carbocycles. The Balaban J connectivity index is 1.23. The van der Waals surface area contributed by atoms with Crippen LogP contribution >= 0.6 is 11.3 Å². The fourth-order valence-corrected chi connectivity index (χ4v) is 11.1. The third-order valence-corrected chi connectivity index (χ3v) is 13.5. The molecule has 0 radical (unpaired) electrons. The van der Waals surface area contributed by atoms with E-state index in [2.05, 4.69) is 162 Å². The molecule has 0 aliphatic heterocycles. The van der Waals surface area contributed by atoms with Gasteiger partial charge >= 0.3 is 0 Å². The van der Waals surface area contributed by atoms with Crippen molar-refractivity contribution in [1.82, 2.24) is 14.5 Å². The molecule has 0 fully saturated rings. The molecule has 55 heavy (non-hydrogen) atoms. The van der Waals surface area contributed by atoms with Crippen LogP contribution in [0.25, 0.3) is 103 Å². The zero-order chi connectivity index (χ0) is 35.8. The third kappa shape index (κ3) is 4.04. The molecule has 0 amide bonds. The minimum absolute atomic E-state index is 0.344. The van der Waals surface area contributed by atoms with E-state index in [1.54, 1.807) is 11.3 Å².